The summed E-state index contributed by atoms with van der Waals surface area (Å²) in [5, 5.41) is 9.45. The molecule has 7 nitrogen and oxygen atoms in total. The zero-order valence-corrected chi connectivity index (χ0v) is 18.3. The predicted molar refractivity (Wildman–Crippen MR) is 120 cm³/mol. The van der Waals surface area contributed by atoms with E-state index in [0.29, 0.717) is 6.04 Å². The summed E-state index contributed by atoms with van der Waals surface area (Å²) < 4.78 is 7.42. The normalized spacial score (nSPS) is 23.8. The molecule has 2 aliphatic rings. The number of thiazole rings is 1. The van der Waals surface area contributed by atoms with Crippen LogP contribution in [-0.2, 0) is 11.3 Å². The maximum atomic E-state index is 12.5. The Morgan fingerprint density at radius 2 is 1.94 bits per heavy atom. The molecule has 3 aromatic rings. The second-order valence-electron chi connectivity index (χ2n) is 8.29. The van der Waals surface area contributed by atoms with Crippen molar-refractivity contribution in [3.8, 4) is 11.3 Å². The van der Waals surface area contributed by atoms with Gasteiger partial charge in [-0.15, -0.1) is 11.3 Å². The summed E-state index contributed by atoms with van der Waals surface area (Å²) in [5.74, 6) is 0. The third kappa shape index (κ3) is 4.76. The highest BCUT2D eigenvalue weighted by Gasteiger charge is 2.25. The van der Waals surface area contributed by atoms with Gasteiger partial charge in [0.05, 0.1) is 11.7 Å². The maximum absolute atomic E-state index is 12.5. The molecule has 2 fully saturated rings. The van der Waals surface area contributed by atoms with Crippen LogP contribution in [-0.4, -0.2) is 32.4 Å². The molecule has 1 atom stereocenters. The summed E-state index contributed by atoms with van der Waals surface area (Å²) in [6, 6.07) is 7.87. The molecule has 0 radical (unpaired) electrons. The number of rotatable bonds is 6. The Balaban J connectivity index is 1.17. The zero-order chi connectivity index (χ0) is 21.0. The van der Waals surface area contributed by atoms with Crippen LogP contribution in [0.3, 0.4) is 0 Å². The number of pyridine rings is 1. The van der Waals surface area contributed by atoms with Gasteiger partial charge in [0.2, 0.25) is 0 Å². The van der Waals surface area contributed by atoms with Crippen LogP contribution in [0.25, 0.3) is 11.3 Å². The summed E-state index contributed by atoms with van der Waals surface area (Å²) in [5.41, 5.74) is 1.76. The van der Waals surface area contributed by atoms with Gasteiger partial charge in [-0.05, 0) is 56.7 Å². The molecule has 4 heterocycles. The van der Waals surface area contributed by atoms with E-state index in [-0.39, 0.29) is 17.7 Å². The van der Waals surface area contributed by atoms with E-state index in [4.69, 9.17) is 4.74 Å². The van der Waals surface area contributed by atoms with Crippen molar-refractivity contribution in [2.75, 3.05) is 6.61 Å². The SMILES string of the molecule is O=c1ccc(-c2ccncc2)nn1C1CCC(NCc2cnc(C3CCCO3)s2)CC1. The maximum Gasteiger partial charge on any atom is 0.267 e. The minimum Gasteiger partial charge on any atom is -0.371 e. The molecule has 0 bridgehead atoms. The molecule has 5 rings (SSSR count). The van der Waals surface area contributed by atoms with Crippen LogP contribution in [0.15, 0.2) is 47.7 Å². The van der Waals surface area contributed by atoms with Crippen LogP contribution in [0.5, 0.6) is 0 Å². The first kappa shape index (κ1) is 20.5. The molecule has 1 N–H and O–H groups in total. The van der Waals surface area contributed by atoms with Crippen molar-refractivity contribution in [1.82, 2.24) is 25.1 Å². The van der Waals surface area contributed by atoms with Gasteiger partial charge in [0.1, 0.15) is 11.1 Å². The Morgan fingerprint density at radius 3 is 2.71 bits per heavy atom. The van der Waals surface area contributed by atoms with Crippen LogP contribution in [0, 0.1) is 0 Å². The Hall–Kier alpha value is -2.42. The Bertz CT molecular complexity index is 1050. The van der Waals surface area contributed by atoms with Gasteiger partial charge in [0.15, 0.2) is 0 Å². The van der Waals surface area contributed by atoms with Gasteiger partial charge >= 0.3 is 0 Å². The minimum atomic E-state index is -0.0273. The smallest absolute Gasteiger partial charge is 0.267 e. The lowest BCUT2D eigenvalue weighted by Gasteiger charge is -2.29. The molecule has 1 aliphatic heterocycles. The molecule has 1 unspecified atom stereocenters. The average molecular weight is 438 g/mol. The molecule has 162 valence electrons. The van der Waals surface area contributed by atoms with E-state index >= 15 is 0 Å². The predicted octanol–water partition coefficient (Wildman–Crippen LogP) is 3.89. The van der Waals surface area contributed by atoms with E-state index in [1.54, 1.807) is 40.5 Å². The lowest BCUT2D eigenvalue weighted by molar-refractivity contribution is 0.111. The molecule has 0 amide bonds. The largest absolute Gasteiger partial charge is 0.371 e. The lowest BCUT2D eigenvalue weighted by Crippen LogP contribution is -2.36. The van der Waals surface area contributed by atoms with Crippen LogP contribution in [0.4, 0.5) is 0 Å². The molecule has 1 saturated heterocycles. The molecule has 0 spiro atoms. The third-order valence-corrected chi connectivity index (χ3v) is 7.27. The number of aromatic nitrogens is 4. The number of hydrogen-bond donors (Lipinski definition) is 1. The van der Waals surface area contributed by atoms with Crippen molar-refractivity contribution in [3.63, 3.8) is 0 Å². The number of nitrogens with one attached hydrogen (secondary N) is 1. The van der Waals surface area contributed by atoms with E-state index in [0.717, 1.165) is 67.9 Å². The van der Waals surface area contributed by atoms with Gasteiger partial charge < -0.3 is 10.1 Å². The molecular weight excluding hydrogens is 410 g/mol. The van der Waals surface area contributed by atoms with Crippen molar-refractivity contribution in [1.29, 1.82) is 0 Å². The molecule has 31 heavy (non-hydrogen) atoms. The number of nitrogens with zero attached hydrogens (tertiary/aromatic N) is 4. The Labute approximate surface area is 185 Å². The number of hydrogen-bond acceptors (Lipinski definition) is 7. The fraction of sp³-hybridized carbons (Fsp3) is 0.478. The quantitative estimate of drug-likeness (QED) is 0.630. The molecule has 0 aromatic carbocycles. The summed E-state index contributed by atoms with van der Waals surface area (Å²) in [7, 11) is 0. The molecule has 1 aliphatic carbocycles. The highest BCUT2D eigenvalue weighted by molar-refractivity contribution is 7.11. The molecular formula is C23H27N5O2S. The highest BCUT2D eigenvalue weighted by atomic mass is 32.1. The highest BCUT2D eigenvalue weighted by Crippen LogP contribution is 2.32. The Morgan fingerprint density at radius 1 is 1.10 bits per heavy atom. The monoisotopic (exact) mass is 437 g/mol. The van der Waals surface area contributed by atoms with E-state index in [1.165, 1.54) is 4.88 Å². The first-order chi connectivity index (χ1) is 15.3. The molecule has 8 heteroatoms. The summed E-state index contributed by atoms with van der Waals surface area (Å²) in [4.78, 5) is 22.3. The van der Waals surface area contributed by atoms with Crippen molar-refractivity contribution >= 4 is 11.3 Å². The van der Waals surface area contributed by atoms with Gasteiger partial charge in [0.25, 0.3) is 5.56 Å². The van der Waals surface area contributed by atoms with Crippen LogP contribution >= 0.6 is 11.3 Å². The van der Waals surface area contributed by atoms with E-state index in [1.807, 2.05) is 18.3 Å². The third-order valence-electron chi connectivity index (χ3n) is 6.19. The fourth-order valence-corrected chi connectivity index (χ4v) is 5.41. The zero-order valence-electron chi connectivity index (χ0n) is 17.4. The first-order valence-corrected chi connectivity index (χ1v) is 11.9. The van der Waals surface area contributed by atoms with E-state index in [2.05, 4.69) is 20.4 Å². The molecule has 1 saturated carbocycles. The lowest BCUT2D eigenvalue weighted by atomic mass is 9.91. The summed E-state index contributed by atoms with van der Waals surface area (Å²) in [6.45, 7) is 1.69. The molecule has 3 aromatic heterocycles. The summed E-state index contributed by atoms with van der Waals surface area (Å²) >= 11 is 1.76. The van der Waals surface area contributed by atoms with Gasteiger partial charge in [0, 0.05) is 54.3 Å². The second kappa shape index (κ2) is 9.38. The topological polar surface area (TPSA) is 81.9 Å². The van der Waals surface area contributed by atoms with Crippen molar-refractivity contribution < 1.29 is 4.74 Å². The number of ether oxygens (including phenoxy) is 1. The van der Waals surface area contributed by atoms with Crippen molar-refractivity contribution in [2.24, 2.45) is 0 Å². The standard InChI is InChI=1S/C23H27N5O2S/c29-22-8-7-20(16-9-11-24-12-10-16)27-28(22)18-5-3-17(4-6-18)25-14-19-15-26-23(31-19)21-2-1-13-30-21/h7-12,15,17-18,21,25H,1-6,13-14H2. The van der Waals surface area contributed by atoms with Crippen LogP contribution in [0.1, 0.15) is 60.6 Å². The van der Waals surface area contributed by atoms with E-state index in [9.17, 15) is 4.79 Å². The van der Waals surface area contributed by atoms with Gasteiger partial charge in [-0.25, -0.2) is 9.67 Å². The van der Waals surface area contributed by atoms with Crippen molar-refractivity contribution in [3.05, 3.63) is 63.1 Å². The van der Waals surface area contributed by atoms with Gasteiger partial charge in [-0.2, -0.15) is 5.10 Å². The van der Waals surface area contributed by atoms with Gasteiger partial charge in [-0.1, -0.05) is 0 Å². The van der Waals surface area contributed by atoms with Gasteiger partial charge in [-0.3, -0.25) is 9.78 Å². The Kier molecular flexibility index (Phi) is 6.20. The fourth-order valence-electron chi connectivity index (χ4n) is 4.46. The van der Waals surface area contributed by atoms with Crippen LogP contribution in [0.2, 0.25) is 0 Å². The second-order valence-corrected chi connectivity index (χ2v) is 9.44. The van der Waals surface area contributed by atoms with E-state index < -0.39 is 0 Å². The minimum absolute atomic E-state index is 0.0273. The first-order valence-electron chi connectivity index (χ1n) is 11.1. The summed E-state index contributed by atoms with van der Waals surface area (Å²) in [6.07, 6.45) is 11.9. The average Bonchev–Trinajstić information content (AvgIpc) is 3.51. The van der Waals surface area contributed by atoms with Crippen LogP contribution < -0.4 is 10.9 Å². The van der Waals surface area contributed by atoms with Crippen molar-refractivity contribution in [2.45, 2.75) is 63.3 Å².